The summed E-state index contributed by atoms with van der Waals surface area (Å²) in [5, 5.41) is 13.9. The maximum absolute atomic E-state index is 11.8. The molecule has 2 aromatic heterocycles. The van der Waals surface area contributed by atoms with Gasteiger partial charge in [-0.25, -0.2) is 13.4 Å². The van der Waals surface area contributed by atoms with Crippen LogP contribution in [0.15, 0.2) is 83.1 Å². The molecule has 1 atom stereocenters. The molecular formula is C29H30N8O2S. The van der Waals surface area contributed by atoms with Crippen molar-refractivity contribution in [2.75, 3.05) is 36.1 Å². The van der Waals surface area contributed by atoms with Crippen LogP contribution in [0.3, 0.4) is 0 Å². The molecule has 1 saturated heterocycles. The highest BCUT2D eigenvalue weighted by atomic mass is 32.2. The summed E-state index contributed by atoms with van der Waals surface area (Å²) in [6.07, 6.45) is 8.37. The Kier molecular flexibility index (Phi) is 7.62. The first kappa shape index (κ1) is 27.0. The summed E-state index contributed by atoms with van der Waals surface area (Å²) < 4.78 is 23.5. The highest BCUT2D eigenvalue weighted by Gasteiger charge is 2.32. The summed E-state index contributed by atoms with van der Waals surface area (Å²) in [6, 6.07) is 16.4. The van der Waals surface area contributed by atoms with Crippen LogP contribution in [0.1, 0.15) is 13.8 Å². The van der Waals surface area contributed by atoms with Crippen molar-refractivity contribution in [3.63, 3.8) is 0 Å². The third-order valence-corrected chi connectivity index (χ3v) is 8.18. The topological polar surface area (TPSA) is 127 Å². The molecule has 5 rings (SSSR count). The number of pyridine rings is 1. The van der Waals surface area contributed by atoms with Gasteiger partial charge in [-0.1, -0.05) is 32.0 Å². The summed E-state index contributed by atoms with van der Waals surface area (Å²) in [4.78, 5) is 22.5. The van der Waals surface area contributed by atoms with E-state index in [1.54, 1.807) is 42.9 Å². The Morgan fingerprint density at radius 3 is 2.52 bits per heavy atom. The Morgan fingerprint density at radius 2 is 1.85 bits per heavy atom. The van der Waals surface area contributed by atoms with Gasteiger partial charge in [0, 0.05) is 43.0 Å². The molecule has 1 aliphatic rings. The van der Waals surface area contributed by atoms with Crippen molar-refractivity contribution < 1.29 is 8.42 Å². The number of guanidine groups is 1. The van der Waals surface area contributed by atoms with Crippen LogP contribution in [0.2, 0.25) is 0 Å². The van der Waals surface area contributed by atoms with E-state index in [-0.39, 0.29) is 16.9 Å². The number of nitrogens with one attached hydrogen (secondary N) is 1. The smallest absolute Gasteiger partial charge is 0.214 e. The summed E-state index contributed by atoms with van der Waals surface area (Å²) in [7, 11) is -3.26. The van der Waals surface area contributed by atoms with E-state index in [1.807, 2.05) is 36.5 Å². The molecular weight excluding hydrogens is 524 g/mol. The van der Waals surface area contributed by atoms with Crippen molar-refractivity contribution in [1.82, 2.24) is 19.9 Å². The van der Waals surface area contributed by atoms with E-state index >= 15 is 0 Å². The fourth-order valence-corrected chi connectivity index (χ4v) is 5.53. The fourth-order valence-electron chi connectivity index (χ4n) is 4.90. The molecule has 11 heteroatoms. The van der Waals surface area contributed by atoms with Gasteiger partial charge < -0.3 is 15.1 Å². The number of nitrogens with zero attached hydrogens (tertiary/aromatic N) is 7. The SMILES string of the molecule is CC(C)C1CN(c2cnc(-c3ccc(S(C)(=O)=O)cc3)cn2)CCN1/C(=N\C#N)Nc1cccc2ncccc12. The van der Waals surface area contributed by atoms with Gasteiger partial charge in [-0.05, 0) is 42.3 Å². The largest absolute Gasteiger partial charge is 0.351 e. The molecule has 0 spiro atoms. The van der Waals surface area contributed by atoms with E-state index in [4.69, 9.17) is 0 Å². The van der Waals surface area contributed by atoms with Crippen LogP contribution in [0.25, 0.3) is 22.2 Å². The lowest BCUT2D eigenvalue weighted by molar-refractivity contribution is 0.224. The second kappa shape index (κ2) is 11.3. The highest BCUT2D eigenvalue weighted by molar-refractivity contribution is 7.90. The normalized spacial score (nSPS) is 16.3. The van der Waals surface area contributed by atoms with E-state index < -0.39 is 9.84 Å². The summed E-state index contributed by atoms with van der Waals surface area (Å²) in [5.41, 5.74) is 3.17. The van der Waals surface area contributed by atoms with Crippen LogP contribution in [-0.2, 0) is 9.84 Å². The lowest BCUT2D eigenvalue weighted by Crippen LogP contribution is -2.58. The number of fused-ring (bicyclic) bond motifs is 1. The molecule has 0 amide bonds. The molecule has 0 saturated carbocycles. The average Bonchev–Trinajstić information content (AvgIpc) is 2.96. The minimum atomic E-state index is -3.26. The van der Waals surface area contributed by atoms with E-state index in [0.717, 1.165) is 28.0 Å². The van der Waals surface area contributed by atoms with E-state index in [9.17, 15) is 13.7 Å². The first-order valence-electron chi connectivity index (χ1n) is 13.0. The van der Waals surface area contributed by atoms with Gasteiger partial charge in [0.25, 0.3) is 0 Å². The molecule has 204 valence electrons. The van der Waals surface area contributed by atoms with E-state index in [0.29, 0.717) is 31.3 Å². The van der Waals surface area contributed by atoms with Gasteiger partial charge in [0.05, 0.1) is 40.2 Å². The second-order valence-electron chi connectivity index (χ2n) is 10.0. The number of hydrogen-bond acceptors (Lipinski definition) is 8. The molecule has 0 aliphatic carbocycles. The summed E-state index contributed by atoms with van der Waals surface area (Å²) in [5.74, 6) is 1.54. The minimum absolute atomic E-state index is 0.0615. The number of sulfone groups is 1. The maximum Gasteiger partial charge on any atom is 0.214 e. The van der Waals surface area contributed by atoms with Crippen LogP contribution in [0.5, 0.6) is 0 Å². The van der Waals surface area contributed by atoms with E-state index in [1.165, 1.54) is 6.26 Å². The second-order valence-corrected chi connectivity index (χ2v) is 12.1. The van der Waals surface area contributed by atoms with Crippen LogP contribution >= 0.6 is 0 Å². The number of aliphatic imine (C=N–C) groups is 1. The van der Waals surface area contributed by atoms with Crippen LogP contribution in [-0.4, -0.2) is 66.2 Å². The molecule has 40 heavy (non-hydrogen) atoms. The molecule has 4 aromatic rings. The third kappa shape index (κ3) is 5.72. The van der Waals surface area contributed by atoms with Crippen LogP contribution in [0.4, 0.5) is 11.5 Å². The lowest BCUT2D eigenvalue weighted by Gasteiger charge is -2.44. The Morgan fingerprint density at radius 1 is 1.05 bits per heavy atom. The monoisotopic (exact) mass is 554 g/mol. The van der Waals surface area contributed by atoms with Crippen molar-refractivity contribution in [1.29, 1.82) is 5.26 Å². The van der Waals surface area contributed by atoms with Crippen molar-refractivity contribution in [2.45, 2.75) is 24.8 Å². The van der Waals surface area contributed by atoms with Crippen molar-refractivity contribution in [3.8, 4) is 17.5 Å². The first-order valence-corrected chi connectivity index (χ1v) is 14.9. The van der Waals surface area contributed by atoms with Gasteiger partial charge in [-0.3, -0.25) is 9.97 Å². The van der Waals surface area contributed by atoms with E-state index in [2.05, 4.69) is 48.9 Å². The zero-order valence-corrected chi connectivity index (χ0v) is 23.4. The Hall–Kier alpha value is -4.56. The standard InChI is InChI=1S/C29H30N8O2S/c1-20(2)27-18-36(28-17-32-26(16-33-28)21-9-11-22(12-10-21)40(3,38)39)14-15-37(27)29(34-19-30)35-25-8-4-7-24-23(25)6-5-13-31-24/h4-13,16-17,20,27H,14-15,18H2,1-3H3,(H,34,35). The molecule has 10 nitrogen and oxygen atoms in total. The molecule has 1 N–H and O–H groups in total. The molecule has 0 radical (unpaired) electrons. The molecule has 1 aliphatic heterocycles. The third-order valence-electron chi connectivity index (χ3n) is 7.05. The Balaban J connectivity index is 1.34. The number of benzene rings is 2. The first-order chi connectivity index (χ1) is 19.2. The van der Waals surface area contributed by atoms with Crippen molar-refractivity contribution in [2.24, 2.45) is 10.9 Å². The quantitative estimate of drug-likeness (QED) is 0.219. The lowest BCUT2D eigenvalue weighted by atomic mass is 9.99. The molecule has 3 heterocycles. The molecule has 0 bridgehead atoms. The number of rotatable bonds is 5. The number of aromatic nitrogens is 3. The summed E-state index contributed by atoms with van der Waals surface area (Å²) in [6.45, 7) is 6.29. The van der Waals surface area contributed by atoms with Gasteiger partial charge in [-0.2, -0.15) is 5.26 Å². The minimum Gasteiger partial charge on any atom is -0.351 e. The van der Waals surface area contributed by atoms with Crippen LogP contribution in [0, 0.1) is 17.4 Å². The Bertz CT molecular complexity index is 1670. The van der Waals surface area contributed by atoms with Crippen molar-refractivity contribution in [3.05, 3.63) is 73.2 Å². The highest BCUT2D eigenvalue weighted by Crippen LogP contribution is 2.26. The fraction of sp³-hybridized carbons (Fsp3) is 0.276. The maximum atomic E-state index is 11.8. The Labute approximate surface area is 234 Å². The van der Waals surface area contributed by atoms with Gasteiger partial charge in [0.1, 0.15) is 5.82 Å². The molecule has 1 unspecified atom stereocenters. The number of anilines is 2. The predicted octanol–water partition coefficient (Wildman–Crippen LogP) is 4.19. The summed E-state index contributed by atoms with van der Waals surface area (Å²) >= 11 is 0. The van der Waals surface area contributed by atoms with Crippen molar-refractivity contribution >= 4 is 38.2 Å². The number of nitriles is 1. The average molecular weight is 555 g/mol. The molecule has 1 fully saturated rings. The van der Waals surface area contributed by atoms with Crippen LogP contribution < -0.4 is 10.2 Å². The van der Waals surface area contributed by atoms with Gasteiger partial charge >= 0.3 is 0 Å². The predicted molar refractivity (Wildman–Crippen MR) is 157 cm³/mol. The van der Waals surface area contributed by atoms with Gasteiger partial charge in [0.15, 0.2) is 9.84 Å². The molecule has 2 aromatic carbocycles. The number of hydrogen-bond donors (Lipinski definition) is 1. The number of piperazine rings is 1. The zero-order chi connectivity index (χ0) is 28.3. The zero-order valence-electron chi connectivity index (χ0n) is 22.6. The van der Waals surface area contributed by atoms with Gasteiger partial charge in [0.2, 0.25) is 12.2 Å². The van der Waals surface area contributed by atoms with Gasteiger partial charge in [-0.15, -0.1) is 4.99 Å².